The molecule has 0 amide bonds. The van der Waals surface area contributed by atoms with E-state index in [1.807, 2.05) is 24.4 Å². The maximum absolute atomic E-state index is 6.07. The van der Waals surface area contributed by atoms with Crippen molar-refractivity contribution >= 4 is 11.6 Å². The molecule has 0 spiro atoms. The lowest BCUT2D eigenvalue weighted by atomic mass is 10.0. The Morgan fingerprint density at radius 2 is 2.18 bits per heavy atom. The lowest BCUT2D eigenvalue weighted by molar-refractivity contribution is 0.688. The van der Waals surface area contributed by atoms with E-state index in [2.05, 4.69) is 22.4 Å². The Bertz CT molecular complexity index is 501. The molecule has 1 heterocycles. The number of hydrogen-bond donors (Lipinski definition) is 2. The van der Waals surface area contributed by atoms with Gasteiger partial charge >= 0.3 is 0 Å². The zero-order valence-corrected chi connectivity index (χ0v) is 10.3. The van der Waals surface area contributed by atoms with Gasteiger partial charge in [-0.15, -0.1) is 0 Å². The van der Waals surface area contributed by atoms with Crippen LogP contribution in [0.2, 0.25) is 5.02 Å². The number of hydrogen-bond acceptors (Lipinski definition) is 1. The zero-order chi connectivity index (χ0) is 11.7. The lowest BCUT2D eigenvalue weighted by Gasteiger charge is -2.10. The van der Waals surface area contributed by atoms with E-state index in [1.54, 1.807) is 0 Å². The molecule has 0 atom stereocenters. The highest BCUT2D eigenvalue weighted by Gasteiger charge is 2.20. The van der Waals surface area contributed by atoms with Crippen LogP contribution in [-0.4, -0.2) is 11.0 Å². The van der Waals surface area contributed by atoms with Crippen LogP contribution in [0.1, 0.15) is 18.4 Å². The average Bonchev–Trinajstić information content (AvgIpc) is 3.00. The van der Waals surface area contributed by atoms with Gasteiger partial charge in [-0.05, 0) is 42.7 Å². The molecule has 3 rings (SSSR count). The second kappa shape index (κ2) is 4.55. The van der Waals surface area contributed by atoms with Gasteiger partial charge in [0.25, 0.3) is 0 Å². The Hall–Kier alpha value is -1.25. The average molecular weight is 247 g/mol. The van der Waals surface area contributed by atoms with Crippen molar-refractivity contribution in [3.63, 3.8) is 0 Å². The number of aromatic amines is 1. The summed E-state index contributed by atoms with van der Waals surface area (Å²) in [6.07, 6.45) is 4.55. The van der Waals surface area contributed by atoms with Crippen molar-refractivity contribution in [2.75, 3.05) is 0 Å². The van der Waals surface area contributed by atoms with Gasteiger partial charge < -0.3 is 10.3 Å². The lowest BCUT2D eigenvalue weighted by Crippen LogP contribution is -2.15. The van der Waals surface area contributed by atoms with Crippen LogP contribution in [0.15, 0.2) is 36.5 Å². The van der Waals surface area contributed by atoms with Crippen LogP contribution in [0.4, 0.5) is 0 Å². The highest BCUT2D eigenvalue weighted by molar-refractivity contribution is 6.30. The standard InChI is InChI=1S/C14H15ClN2/c15-11-3-6-13(14-2-1-7-16-14)10(8-11)9-17-12-4-5-12/h1-3,6-8,12,16-17H,4-5,9H2. The van der Waals surface area contributed by atoms with Gasteiger partial charge in [0.15, 0.2) is 0 Å². The first-order valence-corrected chi connectivity index (χ1v) is 6.36. The van der Waals surface area contributed by atoms with Crippen molar-refractivity contribution in [3.8, 4) is 11.3 Å². The van der Waals surface area contributed by atoms with E-state index in [1.165, 1.54) is 24.0 Å². The number of H-pyrrole nitrogens is 1. The summed E-state index contributed by atoms with van der Waals surface area (Å²) in [5.74, 6) is 0. The molecule has 88 valence electrons. The van der Waals surface area contributed by atoms with E-state index >= 15 is 0 Å². The number of halogens is 1. The maximum atomic E-state index is 6.07. The molecule has 0 unspecified atom stereocenters. The molecule has 0 bridgehead atoms. The molecule has 1 saturated carbocycles. The fourth-order valence-electron chi connectivity index (χ4n) is 2.01. The van der Waals surface area contributed by atoms with E-state index in [0.29, 0.717) is 6.04 Å². The first-order chi connectivity index (χ1) is 8.33. The largest absolute Gasteiger partial charge is 0.361 e. The third kappa shape index (κ3) is 2.54. The van der Waals surface area contributed by atoms with Crippen LogP contribution in [0.3, 0.4) is 0 Å². The predicted molar refractivity (Wildman–Crippen MR) is 71.1 cm³/mol. The quantitative estimate of drug-likeness (QED) is 0.848. The number of rotatable bonds is 4. The van der Waals surface area contributed by atoms with Crippen molar-refractivity contribution in [1.82, 2.24) is 10.3 Å². The van der Waals surface area contributed by atoms with E-state index in [9.17, 15) is 0 Å². The van der Waals surface area contributed by atoms with Crippen LogP contribution in [0.5, 0.6) is 0 Å². The molecule has 17 heavy (non-hydrogen) atoms. The van der Waals surface area contributed by atoms with Crippen molar-refractivity contribution < 1.29 is 0 Å². The molecule has 1 aromatic heterocycles. The van der Waals surface area contributed by atoms with Gasteiger partial charge in [-0.1, -0.05) is 17.7 Å². The molecule has 2 aromatic rings. The highest BCUT2D eigenvalue weighted by Crippen LogP contribution is 2.26. The molecule has 1 aromatic carbocycles. The van der Waals surface area contributed by atoms with Crippen molar-refractivity contribution in [3.05, 3.63) is 47.1 Å². The number of benzene rings is 1. The van der Waals surface area contributed by atoms with Crippen LogP contribution in [-0.2, 0) is 6.54 Å². The summed E-state index contributed by atoms with van der Waals surface area (Å²) in [6, 6.07) is 10.9. The molecular weight excluding hydrogens is 232 g/mol. The summed E-state index contributed by atoms with van der Waals surface area (Å²) in [6.45, 7) is 0.888. The Labute approximate surface area is 106 Å². The van der Waals surface area contributed by atoms with E-state index in [4.69, 9.17) is 11.6 Å². The summed E-state index contributed by atoms with van der Waals surface area (Å²) in [4.78, 5) is 3.25. The van der Waals surface area contributed by atoms with E-state index < -0.39 is 0 Å². The SMILES string of the molecule is Clc1ccc(-c2ccc[nH]2)c(CNC2CC2)c1. The van der Waals surface area contributed by atoms with Gasteiger partial charge in [-0.3, -0.25) is 0 Å². The molecule has 2 N–H and O–H groups in total. The van der Waals surface area contributed by atoms with Crippen molar-refractivity contribution in [1.29, 1.82) is 0 Å². The van der Waals surface area contributed by atoms with Gasteiger partial charge in [0.2, 0.25) is 0 Å². The smallest absolute Gasteiger partial charge is 0.0457 e. The van der Waals surface area contributed by atoms with Gasteiger partial charge in [0, 0.05) is 35.1 Å². The van der Waals surface area contributed by atoms with Crippen LogP contribution in [0, 0.1) is 0 Å². The Kier molecular flexibility index (Phi) is 2.91. The van der Waals surface area contributed by atoms with E-state index in [-0.39, 0.29) is 0 Å². The summed E-state index contributed by atoms with van der Waals surface area (Å²) >= 11 is 6.07. The van der Waals surface area contributed by atoms with Crippen LogP contribution in [0.25, 0.3) is 11.3 Å². The molecule has 1 aliphatic carbocycles. The first kappa shape index (κ1) is 10.9. The topological polar surface area (TPSA) is 27.8 Å². The Morgan fingerprint density at radius 1 is 1.29 bits per heavy atom. The van der Waals surface area contributed by atoms with Gasteiger partial charge in [0.1, 0.15) is 0 Å². The summed E-state index contributed by atoms with van der Waals surface area (Å²) < 4.78 is 0. The fourth-order valence-corrected chi connectivity index (χ4v) is 2.21. The minimum absolute atomic E-state index is 0.713. The summed E-state index contributed by atoms with van der Waals surface area (Å²) in [5.41, 5.74) is 3.63. The molecule has 1 fully saturated rings. The third-order valence-electron chi connectivity index (χ3n) is 3.11. The van der Waals surface area contributed by atoms with Gasteiger partial charge in [-0.25, -0.2) is 0 Å². The first-order valence-electron chi connectivity index (χ1n) is 5.98. The molecule has 1 aliphatic rings. The fraction of sp³-hybridized carbons (Fsp3) is 0.286. The third-order valence-corrected chi connectivity index (χ3v) is 3.35. The minimum Gasteiger partial charge on any atom is -0.361 e. The minimum atomic E-state index is 0.713. The highest BCUT2D eigenvalue weighted by atomic mass is 35.5. The van der Waals surface area contributed by atoms with Crippen molar-refractivity contribution in [2.24, 2.45) is 0 Å². The molecule has 2 nitrogen and oxygen atoms in total. The molecular formula is C14H15ClN2. The van der Waals surface area contributed by atoms with E-state index in [0.717, 1.165) is 17.3 Å². The molecule has 0 radical (unpaired) electrons. The molecule has 0 saturated heterocycles. The Morgan fingerprint density at radius 3 is 2.88 bits per heavy atom. The summed E-state index contributed by atoms with van der Waals surface area (Å²) in [7, 11) is 0. The second-order valence-corrected chi connectivity index (χ2v) is 4.98. The Balaban J connectivity index is 1.89. The monoisotopic (exact) mass is 246 g/mol. The number of aromatic nitrogens is 1. The second-order valence-electron chi connectivity index (χ2n) is 4.54. The number of nitrogens with one attached hydrogen (secondary N) is 2. The van der Waals surface area contributed by atoms with Crippen LogP contribution >= 0.6 is 11.6 Å². The maximum Gasteiger partial charge on any atom is 0.0457 e. The predicted octanol–water partition coefficient (Wildman–Crippen LogP) is 3.59. The summed E-state index contributed by atoms with van der Waals surface area (Å²) in [5, 5.41) is 4.33. The molecule has 3 heteroatoms. The zero-order valence-electron chi connectivity index (χ0n) is 9.54. The van der Waals surface area contributed by atoms with Crippen LogP contribution < -0.4 is 5.32 Å². The normalized spacial score (nSPS) is 15.1. The van der Waals surface area contributed by atoms with Gasteiger partial charge in [-0.2, -0.15) is 0 Å². The van der Waals surface area contributed by atoms with Gasteiger partial charge in [0.05, 0.1) is 0 Å². The van der Waals surface area contributed by atoms with Crippen molar-refractivity contribution in [2.45, 2.75) is 25.4 Å². The molecule has 0 aliphatic heterocycles.